The molecule has 18 heavy (non-hydrogen) atoms. The van der Waals surface area contributed by atoms with E-state index in [2.05, 4.69) is 53.2 Å². The molecule has 0 atom stereocenters. The Kier molecular flexibility index (Phi) is 5.14. The van der Waals surface area contributed by atoms with Crippen LogP contribution in [0.3, 0.4) is 0 Å². The Balaban J connectivity index is 1.77. The molecule has 2 rings (SSSR count). The summed E-state index contributed by atoms with van der Waals surface area (Å²) in [5.41, 5.74) is 1.20. The molecular formula is C15H15BrOS. The molecule has 0 spiro atoms. The van der Waals surface area contributed by atoms with Crippen LogP contribution in [0.5, 0.6) is 5.75 Å². The topological polar surface area (TPSA) is 9.23 Å². The van der Waals surface area contributed by atoms with E-state index in [1.165, 1.54) is 10.5 Å². The third kappa shape index (κ3) is 4.07. The number of aryl methyl sites for hydroxylation is 1. The minimum atomic E-state index is 0.723. The smallest absolute Gasteiger partial charge is 0.119 e. The number of hydrogen-bond acceptors (Lipinski definition) is 2. The summed E-state index contributed by atoms with van der Waals surface area (Å²) in [5, 5.41) is 0. The van der Waals surface area contributed by atoms with Gasteiger partial charge in [0.2, 0.25) is 0 Å². The van der Waals surface area contributed by atoms with Gasteiger partial charge in [-0.25, -0.2) is 0 Å². The van der Waals surface area contributed by atoms with Crippen molar-refractivity contribution >= 4 is 27.7 Å². The Hall–Kier alpha value is -0.930. The van der Waals surface area contributed by atoms with Crippen LogP contribution in [0.1, 0.15) is 5.56 Å². The summed E-state index contributed by atoms with van der Waals surface area (Å²) in [6, 6.07) is 16.5. The second kappa shape index (κ2) is 6.86. The van der Waals surface area contributed by atoms with Crippen LogP contribution in [0.15, 0.2) is 57.9 Å². The standard InChI is InChI=1S/C15H15BrOS/c1-12-11-13(7-8-15(12)16)17-9-10-18-14-5-3-2-4-6-14/h2-8,11H,9-10H2,1H3. The van der Waals surface area contributed by atoms with Gasteiger partial charge in [0.05, 0.1) is 6.61 Å². The van der Waals surface area contributed by atoms with Gasteiger partial charge in [-0.3, -0.25) is 0 Å². The fraction of sp³-hybridized carbons (Fsp3) is 0.200. The molecular weight excluding hydrogens is 308 g/mol. The summed E-state index contributed by atoms with van der Waals surface area (Å²) in [4.78, 5) is 1.29. The van der Waals surface area contributed by atoms with Gasteiger partial charge in [-0.1, -0.05) is 34.1 Å². The van der Waals surface area contributed by atoms with Gasteiger partial charge >= 0.3 is 0 Å². The number of thioether (sulfide) groups is 1. The quantitative estimate of drug-likeness (QED) is 0.570. The van der Waals surface area contributed by atoms with Crippen LogP contribution in [0.4, 0.5) is 0 Å². The fourth-order valence-electron chi connectivity index (χ4n) is 1.54. The summed E-state index contributed by atoms with van der Waals surface area (Å²) in [6.45, 7) is 2.79. The monoisotopic (exact) mass is 322 g/mol. The van der Waals surface area contributed by atoms with E-state index < -0.39 is 0 Å². The SMILES string of the molecule is Cc1cc(OCCSc2ccccc2)ccc1Br. The van der Waals surface area contributed by atoms with E-state index in [4.69, 9.17) is 4.74 Å². The lowest BCUT2D eigenvalue weighted by Crippen LogP contribution is -2.00. The summed E-state index contributed by atoms with van der Waals surface area (Å²) >= 11 is 5.29. The Morgan fingerprint density at radius 1 is 1.11 bits per heavy atom. The molecule has 0 radical (unpaired) electrons. The Morgan fingerprint density at radius 2 is 1.89 bits per heavy atom. The molecule has 0 unspecified atom stereocenters. The molecule has 3 heteroatoms. The lowest BCUT2D eigenvalue weighted by Gasteiger charge is -2.07. The van der Waals surface area contributed by atoms with Gasteiger partial charge in [0.15, 0.2) is 0 Å². The maximum atomic E-state index is 5.72. The van der Waals surface area contributed by atoms with Gasteiger partial charge in [-0.15, -0.1) is 11.8 Å². The highest BCUT2D eigenvalue weighted by Crippen LogP contribution is 2.22. The summed E-state index contributed by atoms with van der Waals surface area (Å²) in [7, 11) is 0. The molecule has 0 bridgehead atoms. The van der Waals surface area contributed by atoms with E-state index >= 15 is 0 Å². The van der Waals surface area contributed by atoms with Gasteiger partial charge < -0.3 is 4.74 Å². The number of hydrogen-bond donors (Lipinski definition) is 0. The Labute approximate surface area is 121 Å². The molecule has 0 N–H and O–H groups in total. The normalized spacial score (nSPS) is 10.3. The van der Waals surface area contributed by atoms with E-state index in [0.29, 0.717) is 0 Å². The van der Waals surface area contributed by atoms with E-state index in [-0.39, 0.29) is 0 Å². The molecule has 0 aliphatic rings. The molecule has 0 aromatic heterocycles. The first-order chi connectivity index (χ1) is 8.75. The molecule has 0 heterocycles. The zero-order valence-corrected chi connectivity index (χ0v) is 12.6. The molecule has 0 aliphatic heterocycles. The van der Waals surface area contributed by atoms with Crippen LogP contribution >= 0.6 is 27.7 Å². The van der Waals surface area contributed by atoms with Crippen molar-refractivity contribution in [3.63, 3.8) is 0 Å². The predicted octanol–water partition coefficient (Wildman–Crippen LogP) is 4.93. The fourth-order valence-corrected chi connectivity index (χ4v) is 2.54. The maximum absolute atomic E-state index is 5.72. The van der Waals surface area contributed by atoms with Crippen molar-refractivity contribution in [1.29, 1.82) is 0 Å². The van der Waals surface area contributed by atoms with Gasteiger partial charge in [-0.2, -0.15) is 0 Å². The zero-order chi connectivity index (χ0) is 12.8. The largest absolute Gasteiger partial charge is 0.493 e. The van der Waals surface area contributed by atoms with E-state index in [1.807, 2.05) is 30.0 Å². The number of ether oxygens (including phenoxy) is 1. The molecule has 0 aliphatic carbocycles. The van der Waals surface area contributed by atoms with E-state index in [9.17, 15) is 0 Å². The van der Waals surface area contributed by atoms with Crippen molar-refractivity contribution in [3.05, 3.63) is 58.6 Å². The minimum Gasteiger partial charge on any atom is -0.493 e. The predicted molar refractivity (Wildman–Crippen MR) is 81.5 cm³/mol. The van der Waals surface area contributed by atoms with Gasteiger partial charge in [0.1, 0.15) is 5.75 Å². The molecule has 0 fully saturated rings. The molecule has 94 valence electrons. The first kappa shape index (κ1) is 13.5. The van der Waals surface area contributed by atoms with Crippen LogP contribution in [0.2, 0.25) is 0 Å². The highest BCUT2D eigenvalue weighted by Gasteiger charge is 1.98. The third-order valence-corrected chi connectivity index (χ3v) is 4.36. The lowest BCUT2D eigenvalue weighted by molar-refractivity contribution is 0.343. The highest BCUT2D eigenvalue weighted by atomic mass is 79.9. The Morgan fingerprint density at radius 3 is 2.61 bits per heavy atom. The Bertz CT molecular complexity index is 499. The number of halogens is 1. The van der Waals surface area contributed by atoms with E-state index in [1.54, 1.807) is 0 Å². The van der Waals surface area contributed by atoms with Gasteiger partial charge in [0.25, 0.3) is 0 Å². The van der Waals surface area contributed by atoms with Crippen molar-refractivity contribution in [3.8, 4) is 5.75 Å². The van der Waals surface area contributed by atoms with Crippen LogP contribution in [-0.4, -0.2) is 12.4 Å². The first-order valence-corrected chi connectivity index (χ1v) is 7.60. The molecule has 0 amide bonds. The average molecular weight is 323 g/mol. The summed E-state index contributed by atoms with van der Waals surface area (Å²) < 4.78 is 6.84. The third-order valence-electron chi connectivity index (χ3n) is 2.49. The van der Waals surface area contributed by atoms with Crippen molar-refractivity contribution in [1.82, 2.24) is 0 Å². The molecule has 0 saturated carbocycles. The molecule has 2 aromatic carbocycles. The van der Waals surface area contributed by atoms with Crippen LogP contribution < -0.4 is 4.74 Å². The van der Waals surface area contributed by atoms with Crippen molar-refractivity contribution < 1.29 is 4.74 Å². The van der Waals surface area contributed by atoms with Crippen molar-refractivity contribution in [2.24, 2.45) is 0 Å². The summed E-state index contributed by atoms with van der Waals surface area (Å²) in [6.07, 6.45) is 0. The maximum Gasteiger partial charge on any atom is 0.119 e. The van der Waals surface area contributed by atoms with Crippen LogP contribution in [-0.2, 0) is 0 Å². The van der Waals surface area contributed by atoms with Crippen molar-refractivity contribution in [2.45, 2.75) is 11.8 Å². The number of benzene rings is 2. The average Bonchev–Trinajstić information content (AvgIpc) is 2.40. The molecule has 0 saturated heterocycles. The molecule has 1 nitrogen and oxygen atoms in total. The van der Waals surface area contributed by atoms with E-state index in [0.717, 1.165) is 22.6 Å². The zero-order valence-electron chi connectivity index (χ0n) is 10.2. The van der Waals surface area contributed by atoms with Gasteiger partial charge in [-0.05, 0) is 42.8 Å². The first-order valence-electron chi connectivity index (χ1n) is 5.82. The van der Waals surface area contributed by atoms with Crippen LogP contribution in [0.25, 0.3) is 0 Å². The lowest BCUT2D eigenvalue weighted by atomic mass is 10.2. The number of rotatable bonds is 5. The van der Waals surface area contributed by atoms with Crippen molar-refractivity contribution in [2.75, 3.05) is 12.4 Å². The second-order valence-electron chi connectivity index (χ2n) is 3.92. The molecule has 2 aromatic rings. The van der Waals surface area contributed by atoms with Gasteiger partial charge in [0, 0.05) is 15.1 Å². The highest BCUT2D eigenvalue weighted by molar-refractivity contribution is 9.10. The summed E-state index contributed by atoms with van der Waals surface area (Å²) in [5.74, 6) is 1.89. The minimum absolute atomic E-state index is 0.723. The van der Waals surface area contributed by atoms with Crippen LogP contribution in [0, 0.1) is 6.92 Å². The second-order valence-corrected chi connectivity index (χ2v) is 5.94.